The second kappa shape index (κ2) is 7.11. The van der Waals surface area contributed by atoms with Crippen LogP contribution in [-0.2, 0) is 17.7 Å². The number of benzene rings is 1. The van der Waals surface area contributed by atoms with E-state index in [2.05, 4.69) is 21.4 Å². The molecule has 0 radical (unpaired) electrons. The zero-order chi connectivity index (χ0) is 18.9. The molecule has 1 aromatic heterocycles. The number of aryl methyl sites for hydroxylation is 1. The van der Waals surface area contributed by atoms with Gasteiger partial charge in [-0.3, -0.25) is 0 Å². The van der Waals surface area contributed by atoms with Gasteiger partial charge in [-0.25, -0.2) is 14.8 Å². The fourth-order valence-electron chi connectivity index (χ4n) is 2.80. The van der Waals surface area contributed by atoms with Gasteiger partial charge in [0, 0.05) is 30.5 Å². The number of aromatic nitrogens is 2. The van der Waals surface area contributed by atoms with Crippen LogP contribution in [0.3, 0.4) is 0 Å². The normalized spacial score (nSPS) is 14.0. The molecule has 0 bridgehead atoms. The minimum atomic E-state index is -0.484. The summed E-state index contributed by atoms with van der Waals surface area (Å²) in [6.45, 7) is 8.76. The average molecular weight is 375 g/mol. The number of nitrogens with one attached hydrogen (secondary N) is 1. The number of hydrogen-bond acceptors (Lipinski definition) is 5. The van der Waals surface area contributed by atoms with Crippen LogP contribution in [0, 0.1) is 6.92 Å². The number of amides is 1. The van der Waals surface area contributed by atoms with Crippen LogP contribution in [0.15, 0.2) is 24.4 Å². The van der Waals surface area contributed by atoms with Gasteiger partial charge in [0.25, 0.3) is 0 Å². The molecule has 7 heteroatoms. The predicted octanol–water partition coefficient (Wildman–Crippen LogP) is 4.48. The Bertz CT molecular complexity index is 833. The van der Waals surface area contributed by atoms with Gasteiger partial charge in [0.05, 0.1) is 0 Å². The number of ether oxygens (including phenoxy) is 1. The molecule has 0 fully saturated rings. The summed E-state index contributed by atoms with van der Waals surface area (Å²) in [6.07, 6.45) is 2.21. The molecule has 26 heavy (non-hydrogen) atoms. The fourth-order valence-corrected chi connectivity index (χ4v) is 2.93. The summed E-state index contributed by atoms with van der Waals surface area (Å²) >= 11 is 5.88. The maximum Gasteiger partial charge on any atom is 0.410 e. The molecule has 1 N–H and O–H groups in total. The summed E-state index contributed by atoms with van der Waals surface area (Å²) in [5.41, 5.74) is 3.72. The summed E-state index contributed by atoms with van der Waals surface area (Å²) in [4.78, 5) is 22.2. The molecule has 0 aliphatic carbocycles. The van der Waals surface area contributed by atoms with Crippen molar-refractivity contribution in [1.82, 2.24) is 14.9 Å². The molecule has 3 rings (SSSR count). The summed E-state index contributed by atoms with van der Waals surface area (Å²) < 4.78 is 5.47. The van der Waals surface area contributed by atoms with E-state index >= 15 is 0 Å². The van der Waals surface area contributed by atoms with Gasteiger partial charge in [0.1, 0.15) is 11.4 Å². The molecule has 1 amide bonds. The van der Waals surface area contributed by atoms with E-state index < -0.39 is 5.60 Å². The largest absolute Gasteiger partial charge is 0.444 e. The van der Waals surface area contributed by atoms with E-state index in [4.69, 9.17) is 16.3 Å². The lowest BCUT2D eigenvalue weighted by Gasteiger charge is -2.31. The number of hydrogen-bond donors (Lipinski definition) is 1. The molecule has 0 saturated carbocycles. The number of carbonyl (C=O) groups is 1. The van der Waals surface area contributed by atoms with Crippen LogP contribution in [0.1, 0.15) is 37.5 Å². The third-order valence-corrected chi connectivity index (χ3v) is 4.26. The zero-order valence-corrected chi connectivity index (χ0v) is 16.2. The van der Waals surface area contributed by atoms with Crippen LogP contribution in [0.2, 0.25) is 5.28 Å². The van der Waals surface area contributed by atoms with Crippen molar-refractivity contribution in [2.24, 2.45) is 0 Å². The van der Waals surface area contributed by atoms with Crippen molar-refractivity contribution < 1.29 is 9.53 Å². The topological polar surface area (TPSA) is 67.4 Å². The Morgan fingerprint density at radius 3 is 2.81 bits per heavy atom. The second-order valence-electron chi connectivity index (χ2n) is 7.43. The number of halogens is 1. The Kier molecular flexibility index (Phi) is 5.05. The number of fused-ring (bicyclic) bond motifs is 1. The SMILES string of the molecule is Cc1cnc(Cl)nc1Nc1ccc2c(c1)CCN(C(=O)OC(C)(C)C)C2. The molecule has 0 unspecified atom stereocenters. The maximum atomic E-state index is 12.3. The highest BCUT2D eigenvalue weighted by molar-refractivity contribution is 6.28. The van der Waals surface area contributed by atoms with Gasteiger partial charge in [0.15, 0.2) is 0 Å². The van der Waals surface area contributed by atoms with Crippen LogP contribution in [-0.4, -0.2) is 33.1 Å². The van der Waals surface area contributed by atoms with E-state index in [0.29, 0.717) is 18.9 Å². The third kappa shape index (κ3) is 4.43. The second-order valence-corrected chi connectivity index (χ2v) is 7.77. The summed E-state index contributed by atoms with van der Waals surface area (Å²) in [5, 5.41) is 3.50. The van der Waals surface area contributed by atoms with Crippen molar-refractivity contribution in [3.63, 3.8) is 0 Å². The van der Waals surface area contributed by atoms with E-state index in [0.717, 1.165) is 23.2 Å². The molecular formula is C19H23ClN4O2. The lowest BCUT2D eigenvalue weighted by Crippen LogP contribution is -2.39. The van der Waals surface area contributed by atoms with Crippen molar-refractivity contribution in [1.29, 1.82) is 0 Å². The average Bonchev–Trinajstić information content (AvgIpc) is 2.56. The Morgan fingerprint density at radius 2 is 2.08 bits per heavy atom. The van der Waals surface area contributed by atoms with E-state index in [1.54, 1.807) is 11.1 Å². The van der Waals surface area contributed by atoms with E-state index in [9.17, 15) is 4.79 Å². The molecule has 138 valence electrons. The van der Waals surface area contributed by atoms with E-state index in [1.165, 1.54) is 5.56 Å². The standard InChI is InChI=1S/C19H23ClN4O2/c1-12-10-21-17(20)23-16(12)22-15-6-5-14-11-24(8-7-13(14)9-15)18(25)26-19(2,3)4/h5-6,9-10H,7-8,11H2,1-4H3,(H,21,22,23). The van der Waals surface area contributed by atoms with Crippen LogP contribution in [0.25, 0.3) is 0 Å². The van der Waals surface area contributed by atoms with Gasteiger partial charge in [-0.1, -0.05) is 6.07 Å². The summed E-state index contributed by atoms with van der Waals surface area (Å²) in [6, 6.07) is 6.11. The molecule has 1 aromatic carbocycles. The van der Waals surface area contributed by atoms with E-state index in [1.807, 2.05) is 39.8 Å². The third-order valence-electron chi connectivity index (χ3n) is 4.08. The van der Waals surface area contributed by atoms with Gasteiger partial charge < -0.3 is 15.0 Å². The molecule has 2 aromatic rings. The Morgan fingerprint density at radius 1 is 1.31 bits per heavy atom. The van der Waals surface area contributed by atoms with Crippen molar-refractivity contribution in [2.75, 3.05) is 11.9 Å². The Labute approximate surface area is 158 Å². The quantitative estimate of drug-likeness (QED) is 0.785. The van der Waals surface area contributed by atoms with Gasteiger partial charge in [-0.15, -0.1) is 0 Å². The number of anilines is 2. The molecule has 0 saturated heterocycles. The van der Waals surface area contributed by atoms with Crippen molar-refractivity contribution in [3.05, 3.63) is 46.4 Å². The van der Waals surface area contributed by atoms with E-state index in [-0.39, 0.29) is 11.4 Å². The lowest BCUT2D eigenvalue weighted by molar-refractivity contribution is 0.0224. The monoisotopic (exact) mass is 374 g/mol. The summed E-state index contributed by atoms with van der Waals surface area (Å²) in [7, 11) is 0. The van der Waals surface area contributed by atoms with Crippen LogP contribution < -0.4 is 5.32 Å². The minimum absolute atomic E-state index is 0.212. The Balaban J connectivity index is 1.73. The Hall–Kier alpha value is -2.34. The molecule has 1 aliphatic heterocycles. The highest BCUT2D eigenvalue weighted by Gasteiger charge is 2.25. The maximum absolute atomic E-state index is 12.3. The van der Waals surface area contributed by atoms with Gasteiger partial charge in [-0.2, -0.15) is 0 Å². The number of carbonyl (C=O) groups excluding carboxylic acids is 1. The zero-order valence-electron chi connectivity index (χ0n) is 15.5. The van der Waals surface area contributed by atoms with Crippen molar-refractivity contribution in [3.8, 4) is 0 Å². The smallest absolute Gasteiger partial charge is 0.410 e. The van der Waals surface area contributed by atoms with Crippen LogP contribution in [0.5, 0.6) is 0 Å². The number of rotatable bonds is 2. The molecule has 1 aliphatic rings. The first-order valence-corrected chi connectivity index (χ1v) is 8.95. The van der Waals surface area contributed by atoms with Crippen molar-refractivity contribution in [2.45, 2.75) is 46.3 Å². The van der Waals surface area contributed by atoms with Crippen LogP contribution in [0.4, 0.5) is 16.3 Å². The number of nitrogens with zero attached hydrogens (tertiary/aromatic N) is 3. The molecule has 6 nitrogen and oxygen atoms in total. The highest BCUT2D eigenvalue weighted by Crippen LogP contribution is 2.26. The molecule has 2 heterocycles. The first-order chi connectivity index (χ1) is 12.2. The van der Waals surface area contributed by atoms with Gasteiger partial charge in [0.2, 0.25) is 5.28 Å². The lowest BCUT2D eigenvalue weighted by atomic mass is 9.99. The molecule has 0 spiro atoms. The fraction of sp³-hybridized carbons (Fsp3) is 0.421. The van der Waals surface area contributed by atoms with Gasteiger partial charge >= 0.3 is 6.09 Å². The first kappa shape index (κ1) is 18.5. The predicted molar refractivity (Wildman–Crippen MR) is 102 cm³/mol. The molecule has 0 atom stereocenters. The summed E-state index contributed by atoms with van der Waals surface area (Å²) in [5.74, 6) is 0.691. The van der Waals surface area contributed by atoms with Crippen LogP contribution >= 0.6 is 11.6 Å². The van der Waals surface area contributed by atoms with Crippen molar-refractivity contribution >= 4 is 29.2 Å². The van der Waals surface area contributed by atoms with Gasteiger partial charge in [-0.05, 0) is 69.0 Å². The molecular weight excluding hydrogens is 352 g/mol. The highest BCUT2D eigenvalue weighted by atomic mass is 35.5. The first-order valence-electron chi connectivity index (χ1n) is 8.57. The minimum Gasteiger partial charge on any atom is -0.444 e.